The molecule has 2 atom stereocenters. The highest BCUT2D eigenvalue weighted by molar-refractivity contribution is 6.00. The molecule has 39 heavy (non-hydrogen) atoms. The number of halogens is 1. The van der Waals surface area contributed by atoms with Crippen molar-refractivity contribution in [1.82, 2.24) is 24.9 Å². The minimum atomic E-state index is -0.780. The Labute approximate surface area is 230 Å². The summed E-state index contributed by atoms with van der Waals surface area (Å²) in [6.45, 7) is 7.47. The number of benzene rings is 1. The molecule has 1 aliphatic carbocycles. The summed E-state index contributed by atoms with van der Waals surface area (Å²) in [5.74, 6) is -1.46. The van der Waals surface area contributed by atoms with Gasteiger partial charge in [-0.1, -0.05) is 32.3 Å². The van der Waals surface area contributed by atoms with E-state index < -0.39 is 17.8 Å². The molecule has 1 aromatic heterocycles. The molecular weight excluding hydrogens is 499 g/mol. The second-order valence-corrected chi connectivity index (χ2v) is 10.9. The molecule has 0 spiro atoms. The van der Waals surface area contributed by atoms with Crippen molar-refractivity contribution in [3.05, 3.63) is 47.5 Å². The van der Waals surface area contributed by atoms with Gasteiger partial charge in [-0.2, -0.15) is 5.10 Å². The molecule has 0 bridgehead atoms. The maximum Gasteiger partial charge on any atom is 0.270 e. The van der Waals surface area contributed by atoms with E-state index in [0.29, 0.717) is 37.3 Å². The molecule has 2 heterocycles. The van der Waals surface area contributed by atoms with Crippen LogP contribution in [0.2, 0.25) is 0 Å². The number of carbonyl (C=O) groups is 3. The first-order chi connectivity index (χ1) is 18.8. The molecule has 1 aromatic carbocycles. The van der Waals surface area contributed by atoms with Gasteiger partial charge in [0.15, 0.2) is 0 Å². The van der Waals surface area contributed by atoms with Gasteiger partial charge in [-0.25, -0.2) is 4.39 Å². The van der Waals surface area contributed by atoms with Crippen LogP contribution in [0, 0.1) is 11.7 Å². The van der Waals surface area contributed by atoms with Crippen LogP contribution >= 0.6 is 0 Å². The molecule has 2 aromatic rings. The first-order valence-corrected chi connectivity index (χ1v) is 14.2. The van der Waals surface area contributed by atoms with E-state index in [1.54, 1.807) is 29.1 Å². The Morgan fingerprint density at radius 1 is 1.08 bits per heavy atom. The summed E-state index contributed by atoms with van der Waals surface area (Å²) in [6, 6.07) is 5.55. The van der Waals surface area contributed by atoms with E-state index in [0.717, 1.165) is 45.2 Å². The lowest BCUT2D eigenvalue weighted by molar-refractivity contribution is -0.133. The maximum absolute atomic E-state index is 15.2. The fraction of sp³-hybridized carbons (Fsp3) is 0.586. The maximum atomic E-state index is 15.2. The topological polar surface area (TPSA) is 99.6 Å². The first-order valence-electron chi connectivity index (χ1n) is 14.2. The molecule has 2 unspecified atom stereocenters. The Hall–Kier alpha value is -3.27. The normalized spacial score (nSPS) is 18.4. The zero-order valence-electron chi connectivity index (χ0n) is 23.3. The van der Waals surface area contributed by atoms with Gasteiger partial charge in [0.2, 0.25) is 11.8 Å². The van der Waals surface area contributed by atoms with E-state index in [1.807, 2.05) is 25.8 Å². The van der Waals surface area contributed by atoms with Crippen LogP contribution in [0.3, 0.4) is 0 Å². The Morgan fingerprint density at radius 3 is 2.46 bits per heavy atom. The number of piperazine rings is 1. The Kier molecular flexibility index (Phi) is 9.72. The van der Waals surface area contributed by atoms with E-state index in [-0.39, 0.29) is 29.3 Å². The van der Waals surface area contributed by atoms with Gasteiger partial charge < -0.3 is 20.4 Å². The largest absolute Gasteiger partial charge is 0.340 e. The number of nitrogens with zero attached hydrogens (tertiary/aromatic N) is 4. The lowest BCUT2D eigenvalue weighted by Crippen LogP contribution is -2.49. The zero-order valence-corrected chi connectivity index (χ0v) is 23.3. The predicted molar refractivity (Wildman–Crippen MR) is 148 cm³/mol. The monoisotopic (exact) mass is 540 g/mol. The molecule has 1 saturated carbocycles. The number of carbonyl (C=O) groups excluding carboxylic acids is 3. The van der Waals surface area contributed by atoms with Crippen LogP contribution in [-0.2, 0) is 16.1 Å². The molecule has 10 heteroatoms. The third kappa shape index (κ3) is 7.23. The molecule has 4 rings (SSSR count). The number of likely N-dealkylation sites (N-methyl/N-ethyl adjacent to an activating group) is 1. The van der Waals surface area contributed by atoms with Crippen LogP contribution in [0.5, 0.6) is 0 Å². The second kappa shape index (κ2) is 13.2. The molecule has 2 fully saturated rings. The van der Waals surface area contributed by atoms with Crippen LogP contribution in [0.4, 0.5) is 10.1 Å². The van der Waals surface area contributed by atoms with E-state index in [1.165, 1.54) is 6.07 Å². The van der Waals surface area contributed by atoms with Crippen molar-refractivity contribution in [3.63, 3.8) is 0 Å². The van der Waals surface area contributed by atoms with Crippen molar-refractivity contribution in [3.8, 4) is 0 Å². The average molecular weight is 541 g/mol. The van der Waals surface area contributed by atoms with E-state index >= 15 is 4.39 Å². The molecule has 9 nitrogen and oxygen atoms in total. The molecule has 2 aliphatic rings. The molecule has 212 valence electrons. The Balaban J connectivity index is 1.42. The van der Waals surface area contributed by atoms with Crippen molar-refractivity contribution >= 4 is 23.4 Å². The zero-order chi connectivity index (χ0) is 27.9. The number of rotatable bonds is 9. The summed E-state index contributed by atoms with van der Waals surface area (Å²) in [5.41, 5.74) is 1.16. The lowest BCUT2D eigenvalue weighted by atomic mass is 9.83. The smallest absolute Gasteiger partial charge is 0.270 e. The number of hydrogen-bond acceptors (Lipinski definition) is 5. The number of hydrogen-bond donors (Lipinski definition) is 2. The van der Waals surface area contributed by atoms with Crippen LogP contribution in [-0.4, -0.2) is 76.6 Å². The van der Waals surface area contributed by atoms with Gasteiger partial charge in [0.25, 0.3) is 5.91 Å². The highest BCUT2D eigenvalue weighted by Crippen LogP contribution is 2.29. The van der Waals surface area contributed by atoms with Gasteiger partial charge in [0, 0.05) is 45.3 Å². The van der Waals surface area contributed by atoms with E-state index in [4.69, 9.17) is 0 Å². The summed E-state index contributed by atoms with van der Waals surface area (Å²) in [6.07, 6.45) is 6.60. The molecule has 1 aliphatic heterocycles. The van der Waals surface area contributed by atoms with Gasteiger partial charge in [-0.3, -0.25) is 19.1 Å². The SMILES string of the molecule is CCn1nccc1C(=O)NC(C(=O)Nc1ccc(C(C)CC(=O)N2CCN(C)CC2)cc1F)C1CCCCC1. The average Bonchev–Trinajstić information content (AvgIpc) is 3.42. The lowest BCUT2D eigenvalue weighted by Gasteiger charge is -2.33. The summed E-state index contributed by atoms with van der Waals surface area (Å²) in [5, 5.41) is 9.78. The van der Waals surface area contributed by atoms with Crippen LogP contribution in [0.1, 0.15) is 74.3 Å². The van der Waals surface area contributed by atoms with Gasteiger partial charge >= 0.3 is 0 Å². The van der Waals surface area contributed by atoms with Crippen molar-refractivity contribution in [1.29, 1.82) is 0 Å². The van der Waals surface area contributed by atoms with Gasteiger partial charge in [-0.05, 0) is 62.4 Å². The molecule has 3 amide bonds. The summed E-state index contributed by atoms with van der Waals surface area (Å²) >= 11 is 0. The molecule has 1 saturated heterocycles. The third-order valence-electron chi connectivity index (χ3n) is 8.10. The highest BCUT2D eigenvalue weighted by atomic mass is 19.1. The molecule has 2 N–H and O–H groups in total. The number of amides is 3. The number of aryl methyl sites for hydroxylation is 1. The first kappa shape index (κ1) is 28.7. The standard InChI is InChI=1S/C29H41FN6O3/c1-4-36-25(12-13-31-36)28(38)33-27(21-8-6-5-7-9-21)29(39)32-24-11-10-22(19-23(24)30)20(2)18-26(37)35-16-14-34(3)15-17-35/h10-13,19-21,27H,4-9,14-18H2,1-3H3,(H,32,39)(H,33,38). The summed E-state index contributed by atoms with van der Waals surface area (Å²) < 4.78 is 16.8. The quantitative estimate of drug-likeness (QED) is 0.506. The van der Waals surface area contributed by atoms with Gasteiger partial charge in [0.1, 0.15) is 17.6 Å². The fourth-order valence-corrected chi connectivity index (χ4v) is 5.57. The minimum Gasteiger partial charge on any atom is -0.340 e. The minimum absolute atomic E-state index is 0.0244. The Morgan fingerprint density at radius 2 is 1.79 bits per heavy atom. The number of anilines is 1. The fourth-order valence-electron chi connectivity index (χ4n) is 5.57. The van der Waals surface area contributed by atoms with Gasteiger partial charge in [-0.15, -0.1) is 0 Å². The number of aromatic nitrogens is 2. The second-order valence-electron chi connectivity index (χ2n) is 10.9. The number of nitrogens with one attached hydrogen (secondary N) is 2. The van der Waals surface area contributed by atoms with Gasteiger partial charge in [0.05, 0.1) is 5.69 Å². The highest BCUT2D eigenvalue weighted by Gasteiger charge is 2.32. The predicted octanol–water partition coefficient (Wildman–Crippen LogP) is 3.63. The summed E-state index contributed by atoms with van der Waals surface area (Å²) in [7, 11) is 2.04. The van der Waals surface area contributed by atoms with Crippen LogP contribution < -0.4 is 10.6 Å². The molecule has 0 radical (unpaired) electrons. The Bertz CT molecular complexity index is 1150. The van der Waals surface area contributed by atoms with Crippen LogP contribution in [0.15, 0.2) is 30.5 Å². The van der Waals surface area contributed by atoms with E-state index in [2.05, 4.69) is 20.6 Å². The third-order valence-corrected chi connectivity index (χ3v) is 8.10. The van der Waals surface area contributed by atoms with E-state index in [9.17, 15) is 14.4 Å². The summed E-state index contributed by atoms with van der Waals surface area (Å²) in [4.78, 5) is 43.3. The molecular formula is C29H41FN6O3. The van der Waals surface area contributed by atoms with Crippen LogP contribution in [0.25, 0.3) is 0 Å². The van der Waals surface area contributed by atoms with Crippen molar-refractivity contribution in [2.45, 2.75) is 70.9 Å². The van der Waals surface area contributed by atoms with Crippen molar-refractivity contribution in [2.75, 3.05) is 38.5 Å². The van der Waals surface area contributed by atoms with Crippen molar-refractivity contribution < 1.29 is 18.8 Å². The van der Waals surface area contributed by atoms with Crippen molar-refractivity contribution in [2.24, 2.45) is 5.92 Å².